The number of fused-ring (bicyclic) bond motifs is 3. The van der Waals surface area contributed by atoms with Gasteiger partial charge >= 0.3 is 0 Å². The van der Waals surface area contributed by atoms with Gasteiger partial charge in [0.15, 0.2) is 4.96 Å². The topological polar surface area (TPSA) is 55.6 Å². The number of benzene rings is 3. The Morgan fingerprint density at radius 3 is 2.64 bits per heavy atom. The molecule has 6 heteroatoms. The van der Waals surface area contributed by atoms with Gasteiger partial charge in [0.05, 0.1) is 23.0 Å². The highest BCUT2D eigenvalue weighted by atomic mass is 32.1. The third-order valence-electron chi connectivity index (χ3n) is 5.83. The van der Waals surface area contributed by atoms with Crippen LogP contribution in [0, 0.1) is 0 Å². The van der Waals surface area contributed by atoms with Crippen molar-refractivity contribution in [3.05, 3.63) is 90.1 Å². The number of thiazole rings is 1. The molecule has 0 saturated carbocycles. The predicted octanol–water partition coefficient (Wildman–Crippen LogP) is 5.98. The summed E-state index contributed by atoms with van der Waals surface area (Å²) in [4.78, 5) is 18.5. The molecule has 0 bridgehead atoms. The molecule has 1 N–H and O–H groups in total. The number of rotatable bonds is 7. The van der Waals surface area contributed by atoms with Crippen molar-refractivity contribution in [2.45, 2.75) is 25.8 Å². The number of ether oxygens (including phenoxy) is 1. The largest absolute Gasteiger partial charge is 0.497 e. The Balaban J connectivity index is 1.31. The lowest BCUT2D eigenvalue weighted by Crippen LogP contribution is -2.32. The Hall–Kier alpha value is -3.64. The van der Waals surface area contributed by atoms with Gasteiger partial charge in [-0.2, -0.15) is 0 Å². The molecule has 1 atom stereocenters. The molecule has 1 amide bonds. The lowest BCUT2D eigenvalue weighted by molar-refractivity contribution is 0.0938. The maximum atomic E-state index is 12.8. The summed E-state index contributed by atoms with van der Waals surface area (Å²) in [6.45, 7) is 2.05. The van der Waals surface area contributed by atoms with Crippen molar-refractivity contribution in [2.24, 2.45) is 0 Å². The van der Waals surface area contributed by atoms with E-state index in [-0.39, 0.29) is 11.9 Å². The Morgan fingerprint density at radius 2 is 1.88 bits per heavy atom. The van der Waals surface area contributed by atoms with Gasteiger partial charge in [0.2, 0.25) is 0 Å². The molecule has 0 radical (unpaired) electrons. The second-order valence-electron chi connectivity index (χ2n) is 8.19. The number of amides is 1. The molecule has 0 aliphatic carbocycles. The Kier molecular flexibility index (Phi) is 5.84. The van der Waals surface area contributed by atoms with E-state index in [1.807, 2.05) is 66.9 Å². The molecule has 33 heavy (non-hydrogen) atoms. The Bertz CT molecular complexity index is 1400. The lowest BCUT2D eigenvalue weighted by atomic mass is 10.1. The van der Waals surface area contributed by atoms with Crippen LogP contribution in [0.15, 0.2) is 79.0 Å². The van der Waals surface area contributed by atoms with Gasteiger partial charge in [0.1, 0.15) is 5.75 Å². The molecule has 1 unspecified atom stereocenters. The summed E-state index contributed by atoms with van der Waals surface area (Å²) in [7, 11) is 1.66. The normalized spacial score (nSPS) is 12.2. The standard InChI is InChI=1S/C27H25N3O2S/c1-18(8-9-19-6-4-3-5-7-19)28-26(31)21-12-15-24-25(16-21)33-27-29-23(17-30(24)27)20-10-13-22(32-2)14-11-20/h3-7,10-18H,8-9H2,1-2H3,(H,28,31). The molecule has 2 heterocycles. The summed E-state index contributed by atoms with van der Waals surface area (Å²) in [6.07, 6.45) is 3.89. The van der Waals surface area contributed by atoms with Crippen molar-refractivity contribution in [1.29, 1.82) is 0 Å². The van der Waals surface area contributed by atoms with Gasteiger partial charge in [-0.1, -0.05) is 41.7 Å². The first-order chi connectivity index (χ1) is 16.1. The molecule has 5 nitrogen and oxygen atoms in total. The van der Waals surface area contributed by atoms with Crippen molar-refractivity contribution in [3.63, 3.8) is 0 Å². The maximum absolute atomic E-state index is 12.8. The van der Waals surface area contributed by atoms with Crippen LogP contribution in [-0.2, 0) is 6.42 Å². The van der Waals surface area contributed by atoms with E-state index >= 15 is 0 Å². The van der Waals surface area contributed by atoms with E-state index in [1.54, 1.807) is 18.4 Å². The molecule has 166 valence electrons. The number of carbonyl (C=O) groups is 1. The molecule has 0 fully saturated rings. The smallest absolute Gasteiger partial charge is 0.251 e. The van der Waals surface area contributed by atoms with E-state index in [0.29, 0.717) is 5.56 Å². The third-order valence-corrected chi connectivity index (χ3v) is 6.85. The highest BCUT2D eigenvalue weighted by molar-refractivity contribution is 7.23. The summed E-state index contributed by atoms with van der Waals surface area (Å²) in [5, 5.41) is 3.13. The first-order valence-corrected chi connectivity index (χ1v) is 11.8. The molecule has 5 aromatic rings. The van der Waals surface area contributed by atoms with E-state index in [9.17, 15) is 4.79 Å². The molecular weight excluding hydrogens is 430 g/mol. The lowest BCUT2D eigenvalue weighted by Gasteiger charge is -2.14. The van der Waals surface area contributed by atoms with Crippen LogP contribution in [0.5, 0.6) is 5.75 Å². The van der Waals surface area contributed by atoms with E-state index in [0.717, 1.165) is 45.0 Å². The van der Waals surface area contributed by atoms with Crippen molar-refractivity contribution in [1.82, 2.24) is 14.7 Å². The minimum atomic E-state index is -0.0394. The molecule has 2 aromatic heterocycles. The summed E-state index contributed by atoms with van der Waals surface area (Å²) >= 11 is 1.59. The van der Waals surface area contributed by atoms with Gasteiger partial charge in [-0.3, -0.25) is 9.20 Å². The summed E-state index contributed by atoms with van der Waals surface area (Å²) in [5.41, 5.74) is 4.97. The fourth-order valence-corrected chi connectivity index (χ4v) is 5.00. The second kappa shape index (κ2) is 9.08. The van der Waals surface area contributed by atoms with Crippen LogP contribution in [0.2, 0.25) is 0 Å². The van der Waals surface area contributed by atoms with Crippen LogP contribution >= 0.6 is 11.3 Å². The zero-order valence-electron chi connectivity index (χ0n) is 18.6. The fourth-order valence-electron chi connectivity index (χ4n) is 3.95. The van der Waals surface area contributed by atoms with Crippen LogP contribution in [0.25, 0.3) is 26.4 Å². The first-order valence-electron chi connectivity index (χ1n) is 11.0. The highest BCUT2D eigenvalue weighted by Crippen LogP contribution is 2.30. The molecular formula is C27H25N3O2S. The number of hydrogen-bond donors (Lipinski definition) is 1. The van der Waals surface area contributed by atoms with E-state index in [1.165, 1.54) is 5.56 Å². The van der Waals surface area contributed by atoms with Crippen LogP contribution in [0.1, 0.15) is 29.3 Å². The quantitative estimate of drug-likeness (QED) is 0.329. The van der Waals surface area contributed by atoms with Crippen molar-refractivity contribution < 1.29 is 9.53 Å². The molecule has 0 saturated heterocycles. The van der Waals surface area contributed by atoms with E-state index < -0.39 is 0 Å². The van der Waals surface area contributed by atoms with Crippen LogP contribution in [0.3, 0.4) is 0 Å². The van der Waals surface area contributed by atoms with Crippen LogP contribution < -0.4 is 10.1 Å². The number of nitrogens with one attached hydrogen (secondary N) is 1. The number of hydrogen-bond acceptors (Lipinski definition) is 4. The summed E-state index contributed by atoms with van der Waals surface area (Å²) in [6, 6.07) is 24.2. The highest BCUT2D eigenvalue weighted by Gasteiger charge is 2.14. The molecule has 0 aliphatic heterocycles. The van der Waals surface area contributed by atoms with Crippen LogP contribution in [0.4, 0.5) is 0 Å². The van der Waals surface area contributed by atoms with Gasteiger partial charge in [-0.05, 0) is 67.8 Å². The number of aryl methyl sites for hydroxylation is 1. The number of methoxy groups -OCH3 is 1. The zero-order chi connectivity index (χ0) is 22.8. The Labute approximate surface area is 196 Å². The summed E-state index contributed by atoms with van der Waals surface area (Å²) in [5.74, 6) is 0.785. The van der Waals surface area contributed by atoms with Gasteiger partial charge in [-0.25, -0.2) is 4.98 Å². The monoisotopic (exact) mass is 455 g/mol. The van der Waals surface area contributed by atoms with E-state index in [4.69, 9.17) is 9.72 Å². The van der Waals surface area contributed by atoms with Gasteiger partial charge in [0.25, 0.3) is 5.91 Å². The average molecular weight is 456 g/mol. The Morgan fingerprint density at radius 1 is 1.09 bits per heavy atom. The van der Waals surface area contributed by atoms with Crippen molar-refractivity contribution in [2.75, 3.05) is 7.11 Å². The molecule has 0 spiro atoms. The minimum absolute atomic E-state index is 0.0394. The van der Waals surface area contributed by atoms with Gasteiger partial charge in [-0.15, -0.1) is 0 Å². The number of aromatic nitrogens is 2. The number of nitrogens with zero attached hydrogens (tertiary/aromatic N) is 2. The van der Waals surface area contributed by atoms with Gasteiger partial charge < -0.3 is 10.1 Å². The van der Waals surface area contributed by atoms with Crippen LogP contribution in [-0.4, -0.2) is 28.4 Å². The fraction of sp³-hybridized carbons (Fsp3) is 0.185. The molecule has 5 rings (SSSR count). The molecule has 0 aliphatic rings. The first kappa shape index (κ1) is 21.2. The maximum Gasteiger partial charge on any atom is 0.251 e. The van der Waals surface area contributed by atoms with Gasteiger partial charge in [0, 0.05) is 23.4 Å². The zero-order valence-corrected chi connectivity index (χ0v) is 19.4. The SMILES string of the molecule is COc1ccc(-c2cn3c(n2)sc2cc(C(=O)NC(C)CCc4ccccc4)ccc23)cc1. The number of carbonyl (C=O) groups excluding carboxylic acids is 1. The molecule has 3 aromatic carbocycles. The minimum Gasteiger partial charge on any atom is -0.497 e. The second-order valence-corrected chi connectivity index (χ2v) is 9.20. The third kappa shape index (κ3) is 4.47. The summed E-state index contributed by atoms with van der Waals surface area (Å²) < 4.78 is 8.37. The van der Waals surface area contributed by atoms with Crippen molar-refractivity contribution >= 4 is 32.4 Å². The van der Waals surface area contributed by atoms with E-state index in [2.05, 4.69) is 28.8 Å². The van der Waals surface area contributed by atoms with Crippen molar-refractivity contribution in [3.8, 4) is 17.0 Å². The average Bonchev–Trinajstić information content (AvgIpc) is 3.41. The predicted molar refractivity (Wildman–Crippen MR) is 134 cm³/mol. The number of imidazole rings is 1.